The summed E-state index contributed by atoms with van der Waals surface area (Å²) in [6.07, 6.45) is 2.10. The molecule has 0 aliphatic heterocycles. The van der Waals surface area contributed by atoms with Crippen molar-refractivity contribution < 1.29 is 9.53 Å². The van der Waals surface area contributed by atoms with E-state index in [9.17, 15) is 4.79 Å². The molecule has 0 spiro atoms. The van der Waals surface area contributed by atoms with E-state index in [0.29, 0.717) is 12.3 Å². The van der Waals surface area contributed by atoms with Crippen LogP contribution in [0.2, 0.25) is 0 Å². The average molecular weight is 431 g/mol. The van der Waals surface area contributed by atoms with Crippen LogP contribution in [-0.4, -0.2) is 45.5 Å². The molecule has 29 heavy (non-hydrogen) atoms. The van der Waals surface area contributed by atoms with Crippen molar-refractivity contribution in [3.63, 3.8) is 0 Å². The van der Waals surface area contributed by atoms with Gasteiger partial charge in [0, 0.05) is 24.0 Å². The maximum absolute atomic E-state index is 12.6. The van der Waals surface area contributed by atoms with Crippen LogP contribution in [0.3, 0.4) is 0 Å². The fourth-order valence-corrected chi connectivity index (χ4v) is 4.49. The van der Waals surface area contributed by atoms with Crippen LogP contribution in [0.5, 0.6) is 5.75 Å². The van der Waals surface area contributed by atoms with Crippen molar-refractivity contribution in [2.75, 3.05) is 19.9 Å². The maximum atomic E-state index is 12.6. The number of methoxy groups -OCH3 is 1. The Hall–Kier alpha value is -2.32. The van der Waals surface area contributed by atoms with Gasteiger partial charge >= 0.3 is 0 Å². The molecule has 0 radical (unpaired) electrons. The molecular weight excluding hydrogens is 404 g/mol. The monoisotopic (exact) mass is 430 g/mol. The van der Waals surface area contributed by atoms with Crippen molar-refractivity contribution in [3.8, 4) is 17.1 Å². The molecule has 0 fully saturated rings. The van der Waals surface area contributed by atoms with Crippen LogP contribution in [0.25, 0.3) is 11.4 Å². The van der Waals surface area contributed by atoms with Crippen LogP contribution < -0.4 is 4.74 Å². The molecule has 3 rings (SSSR count). The van der Waals surface area contributed by atoms with Crippen LogP contribution in [0.15, 0.2) is 46.9 Å². The number of rotatable bonds is 10. The Balaban J connectivity index is 1.70. The predicted molar refractivity (Wildman–Crippen MR) is 118 cm³/mol. The van der Waals surface area contributed by atoms with Gasteiger partial charge in [-0.3, -0.25) is 4.79 Å². The predicted octanol–water partition coefficient (Wildman–Crippen LogP) is 4.57. The summed E-state index contributed by atoms with van der Waals surface area (Å²) in [5.74, 6) is 2.05. The smallest absolute Gasteiger partial charge is 0.233 e. The molecule has 2 heterocycles. The summed E-state index contributed by atoms with van der Waals surface area (Å²) < 4.78 is 7.36. The van der Waals surface area contributed by atoms with Crippen LogP contribution in [-0.2, 0) is 17.9 Å². The summed E-state index contributed by atoms with van der Waals surface area (Å²) in [5, 5.41) is 11.6. The van der Waals surface area contributed by atoms with E-state index < -0.39 is 0 Å². The largest absolute Gasteiger partial charge is 0.497 e. The van der Waals surface area contributed by atoms with E-state index in [1.54, 1.807) is 23.3 Å². The van der Waals surface area contributed by atoms with Crippen molar-refractivity contribution in [1.29, 1.82) is 0 Å². The Morgan fingerprint density at radius 3 is 2.69 bits per heavy atom. The lowest BCUT2D eigenvalue weighted by molar-refractivity contribution is -0.127. The van der Waals surface area contributed by atoms with Gasteiger partial charge in [0.1, 0.15) is 5.75 Å². The summed E-state index contributed by atoms with van der Waals surface area (Å²) >= 11 is 3.11. The molecule has 0 unspecified atom stereocenters. The first-order valence-electron chi connectivity index (χ1n) is 9.59. The van der Waals surface area contributed by atoms with E-state index >= 15 is 0 Å². The third-order valence-electron chi connectivity index (χ3n) is 4.52. The second-order valence-electron chi connectivity index (χ2n) is 6.66. The number of carbonyl (C=O) groups excluding carboxylic acids is 1. The van der Waals surface area contributed by atoms with Crippen molar-refractivity contribution in [2.24, 2.45) is 0 Å². The van der Waals surface area contributed by atoms with Gasteiger partial charge in [0.05, 0.1) is 19.4 Å². The lowest BCUT2D eigenvalue weighted by Crippen LogP contribution is -2.27. The molecule has 0 N–H and O–H groups in total. The van der Waals surface area contributed by atoms with Crippen molar-refractivity contribution in [1.82, 2.24) is 19.7 Å². The fraction of sp³-hybridized carbons (Fsp3) is 0.381. The maximum Gasteiger partial charge on any atom is 0.233 e. The Kier molecular flexibility index (Phi) is 7.71. The Morgan fingerprint density at radius 1 is 1.24 bits per heavy atom. The minimum absolute atomic E-state index is 0.0828. The van der Waals surface area contributed by atoms with Gasteiger partial charge in [0.2, 0.25) is 5.91 Å². The molecule has 0 bridgehead atoms. The number of unbranched alkanes of at least 4 members (excludes halogenated alkanes) is 1. The summed E-state index contributed by atoms with van der Waals surface area (Å²) in [6, 6.07) is 11.9. The van der Waals surface area contributed by atoms with Crippen molar-refractivity contribution in [2.45, 2.75) is 38.0 Å². The molecule has 0 saturated heterocycles. The highest BCUT2D eigenvalue weighted by Gasteiger charge is 2.17. The molecular formula is C21H26N4O2S2. The van der Waals surface area contributed by atoms with Crippen LogP contribution in [0.1, 0.15) is 24.6 Å². The minimum Gasteiger partial charge on any atom is -0.497 e. The first-order valence-corrected chi connectivity index (χ1v) is 11.5. The van der Waals surface area contributed by atoms with E-state index in [1.165, 1.54) is 16.6 Å². The number of thiophene rings is 1. The molecule has 8 heteroatoms. The standard InChI is InChI=1S/C21H26N4O2S2/c1-4-5-12-25-20(16-8-10-17(27-3)11-9-16)22-23-21(25)29-15-19(26)24(2)14-18-7-6-13-28-18/h6-11,13H,4-5,12,14-15H2,1-3H3. The zero-order valence-electron chi connectivity index (χ0n) is 17.0. The highest BCUT2D eigenvalue weighted by Crippen LogP contribution is 2.26. The number of hydrogen-bond acceptors (Lipinski definition) is 6. The highest BCUT2D eigenvalue weighted by molar-refractivity contribution is 7.99. The van der Waals surface area contributed by atoms with Crippen LogP contribution in [0, 0.1) is 0 Å². The summed E-state index contributed by atoms with van der Waals surface area (Å²) in [6.45, 7) is 3.62. The number of benzene rings is 1. The first-order chi connectivity index (χ1) is 14.1. The SMILES string of the molecule is CCCCn1c(SCC(=O)N(C)Cc2cccs2)nnc1-c1ccc(OC)cc1. The molecule has 154 valence electrons. The van der Waals surface area contributed by atoms with E-state index in [4.69, 9.17) is 4.74 Å². The molecule has 0 aliphatic carbocycles. The van der Waals surface area contributed by atoms with Gasteiger partial charge in [-0.05, 0) is 42.1 Å². The zero-order valence-corrected chi connectivity index (χ0v) is 18.6. The van der Waals surface area contributed by atoms with Crippen LogP contribution >= 0.6 is 23.1 Å². The van der Waals surface area contributed by atoms with E-state index in [2.05, 4.69) is 21.7 Å². The molecule has 0 aliphatic rings. The van der Waals surface area contributed by atoms with Gasteiger partial charge < -0.3 is 14.2 Å². The number of nitrogens with zero attached hydrogens (tertiary/aromatic N) is 4. The summed E-state index contributed by atoms with van der Waals surface area (Å²) in [5.41, 5.74) is 0.988. The third-order valence-corrected chi connectivity index (χ3v) is 6.34. The summed E-state index contributed by atoms with van der Waals surface area (Å²) in [7, 11) is 3.49. The van der Waals surface area contributed by atoms with Crippen molar-refractivity contribution in [3.05, 3.63) is 46.7 Å². The third kappa shape index (κ3) is 5.61. The highest BCUT2D eigenvalue weighted by atomic mass is 32.2. The van der Waals surface area contributed by atoms with Crippen molar-refractivity contribution >= 4 is 29.0 Å². The van der Waals surface area contributed by atoms with E-state index in [-0.39, 0.29) is 5.91 Å². The molecule has 1 aromatic carbocycles. The Labute approximate surface area is 179 Å². The van der Waals surface area contributed by atoms with Gasteiger partial charge in [-0.1, -0.05) is 31.2 Å². The van der Waals surface area contributed by atoms with Gasteiger partial charge in [0.25, 0.3) is 0 Å². The van der Waals surface area contributed by atoms with E-state index in [1.807, 2.05) is 48.8 Å². The van der Waals surface area contributed by atoms with Gasteiger partial charge in [0.15, 0.2) is 11.0 Å². The van der Waals surface area contributed by atoms with Crippen LogP contribution in [0.4, 0.5) is 0 Å². The van der Waals surface area contributed by atoms with Gasteiger partial charge in [-0.2, -0.15) is 0 Å². The number of carbonyl (C=O) groups is 1. The fourth-order valence-electron chi connectivity index (χ4n) is 2.83. The van der Waals surface area contributed by atoms with Gasteiger partial charge in [-0.15, -0.1) is 21.5 Å². The Bertz CT molecular complexity index is 907. The lowest BCUT2D eigenvalue weighted by atomic mass is 10.2. The van der Waals surface area contributed by atoms with E-state index in [0.717, 1.165) is 41.7 Å². The second-order valence-corrected chi connectivity index (χ2v) is 8.63. The number of amides is 1. The molecule has 0 atom stereocenters. The number of thioether (sulfide) groups is 1. The average Bonchev–Trinajstić information content (AvgIpc) is 3.40. The number of aromatic nitrogens is 3. The minimum atomic E-state index is 0.0828. The zero-order chi connectivity index (χ0) is 20.6. The molecule has 3 aromatic rings. The first kappa shape index (κ1) is 21.4. The summed E-state index contributed by atoms with van der Waals surface area (Å²) in [4.78, 5) is 15.5. The lowest BCUT2D eigenvalue weighted by Gasteiger charge is -2.16. The second kappa shape index (κ2) is 10.5. The molecule has 2 aromatic heterocycles. The number of ether oxygens (including phenoxy) is 1. The van der Waals surface area contributed by atoms with Gasteiger partial charge in [-0.25, -0.2) is 0 Å². The topological polar surface area (TPSA) is 60.2 Å². The molecule has 1 amide bonds. The number of hydrogen-bond donors (Lipinski definition) is 0. The molecule has 6 nitrogen and oxygen atoms in total. The normalized spacial score (nSPS) is 10.9. The quantitative estimate of drug-likeness (QED) is 0.441. The Morgan fingerprint density at radius 2 is 2.03 bits per heavy atom. The molecule has 0 saturated carbocycles.